The van der Waals surface area contributed by atoms with Gasteiger partial charge in [0.15, 0.2) is 0 Å². The van der Waals surface area contributed by atoms with Gasteiger partial charge in [0, 0.05) is 4.47 Å². The Balaban J connectivity index is 0.000000396. The zero-order valence-electron chi connectivity index (χ0n) is 6.93. The Hall–Kier alpha value is 0.283. The zero-order chi connectivity index (χ0) is 9.68. The first-order valence-electron chi connectivity index (χ1n) is 3.68. The van der Waals surface area contributed by atoms with Crippen LogP contribution in [0.5, 0.6) is 0 Å². The van der Waals surface area contributed by atoms with Gasteiger partial charge < -0.3 is 0 Å². The van der Waals surface area contributed by atoms with Crippen molar-refractivity contribution in [2.24, 2.45) is 0 Å². The van der Waals surface area contributed by atoms with E-state index in [2.05, 4.69) is 53.8 Å². The summed E-state index contributed by atoms with van der Waals surface area (Å²) in [5.41, 5.74) is 0. The van der Waals surface area contributed by atoms with E-state index in [0.717, 1.165) is 4.47 Å². The second-order valence-electron chi connectivity index (χ2n) is 2.42. The van der Waals surface area contributed by atoms with Gasteiger partial charge in [-0.3, -0.25) is 0 Å². The Kier molecular flexibility index (Phi) is 5.15. The molecule has 13 heavy (non-hydrogen) atoms. The Morgan fingerprint density at radius 1 is 1.08 bits per heavy atom. The molecule has 2 aromatic carbocycles. The molecule has 0 N–H and O–H groups in total. The van der Waals surface area contributed by atoms with Crippen LogP contribution in [0.15, 0.2) is 40.9 Å². The van der Waals surface area contributed by atoms with Gasteiger partial charge in [-0.25, -0.2) is 0 Å². The van der Waals surface area contributed by atoms with Crippen molar-refractivity contribution >= 4 is 40.3 Å². The van der Waals surface area contributed by atoms with Crippen molar-refractivity contribution in [1.29, 1.82) is 0 Å². The van der Waals surface area contributed by atoms with Crippen molar-refractivity contribution in [2.75, 3.05) is 0 Å². The Morgan fingerprint density at radius 2 is 1.85 bits per heavy atom. The molecule has 0 bridgehead atoms. The van der Waals surface area contributed by atoms with Gasteiger partial charge in [0.05, 0.1) is 0 Å². The number of fused-ring (bicyclic) bond motifs is 1. The van der Waals surface area contributed by atoms with Crippen LogP contribution in [0.1, 0.15) is 0 Å². The number of hydrogen-bond donors (Lipinski definition) is 0. The van der Waals surface area contributed by atoms with Gasteiger partial charge in [-0.05, 0) is 0 Å². The number of hydrogen-bond acceptors (Lipinski definition) is 0. The molecule has 3 heteroatoms. The summed E-state index contributed by atoms with van der Waals surface area (Å²) in [6.45, 7) is 0. The summed E-state index contributed by atoms with van der Waals surface area (Å²) in [5, 5.41) is 2.48. The third-order valence-corrected chi connectivity index (χ3v) is 2.14. The number of rotatable bonds is 0. The van der Waals surface area contributed by atoms with E-state index in [9.17, 15) is 0 Å². The predicted molar refractivity (Wildman–Crippen MR) is 59.4 cm³/mol. The van der Waals surface area contributed by atoms with Gasteiger partial charge in [0.25, 0.3) is 0 Å². The molecule has 0 saturated carbocycles. The summed E-state index contributed by atoms with van der Waals surface area (Å²) in [6.07, 6.45) is 0. The predicted octanol–water partition coefficient (Wildman–Crippen LogP) is 4.25. The van der Waals surface area contributed by atoms with Crippen molar-refractivity contribution < 1.29 is 16.3 Å². The Morgan fingerprint density at radius 3 is 2.62 bits per heavy atom. The van der Waals surface area contributed by atoms with Crippen LogP contribution < -0.4 is 0 Å². The van der Waals surface area contributed by atoms with E-state index in [0.29, 0.717) is 0 Å². The van der Waals surface area contributed by atoms with Crippen molar-refractivity contribution in [3.63, 3.8) is 0 Å². The molecular formula is C10H6Br2Zn. The molecule has 0 fully saturated rings. The average Bonchev–Trinajstić information content (AvgIpc) is 2.21. The zero-order valence-corrected chi connectivity index (χ0v) is 13.1. The van der Waals surface area contributed by atoms with Crippen molar-refractivity contribution in [3.05, 3.63) is 46.9 Å². The second kappa shape index (κ2) is 5.90. The van der Waals surface area contributed by atoms with Gasteiger partial charge in [-0.1, -0.05) is 28.1 Å². The van der Waals surface area contributed by atoms with Crippen LogP contribution >= 0.6 is 29.6 Å². The van der Waals surface area contributed by atoms with Crippen molar-refractivity contribution in [3.8, 4) is 0 Å². The molecule has 0 aliphatic rings. The molecule has 62 valence electrons. The second-order valence-corrected chi connectivity index (χ2v) is 3.33. The maximum absolute atomic E-state index is 3.42. The van der Waals surface area contributed by atoms with Crippen molar-refractivity contribution in [2.45, 2.75) is 0 Å². The first kappa shape index (κ1) is 11.4. The molecule has 0 spiro atoms. The molecule has 0 atom stereocenters. The molecule has 0 aliphatic carbocycles. The molecule has 2 aromatic rings. The van der Waals surface area contributed by atoms with Gasteiger partial charge in [-0.15, -0.1) is 16.8 Å². The topological polar surface area (TPSA) is 0 Å². The third kappa shape index (κ3) is 3.16. The monoisotopic (exact) mass is 348 g/mol. The van der Waals surface area contributed by atoms with Crippen LogP contribution in [-0.2, 0) is 16.3 Å². The molecule has 0 amide bonds. The fourth-order valence-corrected chi connectivity index (χ4v) is 1.48. The molecule has 0 aromatic heterocycles. The van der Waals surface area contributed by atoms with Gasteiger partial charge in [0.2, 0.25) is 0 Å². The summed E-state index contributed by atoms with van der Waals surface area (Å²) in [5.74, 6) is 0. The maximum atomic E-state index is 3.42. The minimum atomic E-state index is 1.12. The summed E-state index contributed by atoms with van der Waals surface area (Å²) >= 11 is 7.67. The van der Waals surface area contributed by atoms with E-state index in [1.54, 1.807) is 0 Å². The molecule has 0 radical (unpaired) electrons. The summed E-state index contributed by atoms with van der Waals surface area (Å²) in [6, 6.07) is 15.2. The van der Waals surface area contributed by atoms with E-state index >= 15 is 0 Å². The molecule has 2 rings (SSSR count). The van der Waals surface area contributed by atoms with Crippen LogP contribution in [0.3, 0.4) is 0 Å². The summed E-state index contributed by atoms with van der Waals surface area (Å²) < 4.78 is 1.12. The van der Waals surface area contributed by atoms with E-state index in [-0.39, 0.29) is 0 Å². The first-order chi connectivity index (χ1) is 6.36. The van der Waals surface area contributed by atoms with E-state index < -0.39 is 0 Å². The molecular weight excluding hydrogens is 345 g/mol. The fourth-order valence-electron chi connectivity index (χ4n) is 1.10. The van der Waals surface area contributed by atoms with Gasteiger partial charge in [-0.2, -0.15) is 24.3 Å². The Bertz CT molecular complexity index is 387. The van der Waals surface area contributed by atoms with E-state index in [1.165, 1.54) is 27.1 Å². The first-order valence-corrected chi connectivity index (χ1v) is 11.4. The summed E-state index contributed by atoms with van der Waals surface area (Å²) in [4.78, 5) is 0. The molecule has 0 aliphatic heterocycles. The SMILES string of the molecule is Brc1ccc2c[c-]ccc2c1.[Zn+][Br]. The fraction of sp³-hybridized carbons (Fsp3) is 0. The van der Waals surface area contributed by atoms with Gasteiger partial charge >= 0.3 is 30.0 Å². The van der Waals surface area contributed by atoms with E-state index in [4.69, 9.17) is 0 Å². The van der Waals surface area contributed by atoms with E-state index in [1.807, 2.05) is 18.2 Å². The molecule has 0 saturated heterocycles. The van der Waals surface area contributed by atoms with Crippen LogP contribution in [0.25, 0.3) is 10.8 Å². The van der Waals surface area contributed by atoms with Crippen LogP contribution in [-0.4, -0.2) is 0 Å². The number of benzene rings is 2. The quantitative estimate of drug-likeness (QED) is 0.492. The third-order valence-electron chi connectivity index (χ3n) is 1.65. The normalized spacial score (nSPS) is 9.23. The van der Waals surface area contributed by atoms with Gasteiger partial charge in [0.1, 0.15) is 0 Å². The van der Waals surface area contributed by atoms with Crippen LogP contribution in [0.2, 0.25) is 0 Å². The summed E-state index contributed by atoms with van der Waals surface area (Å²) in [7, 11) is 0. The standard InChI is InChI=1S/C10H6Br.BrH.Zn/c11-10-6-5-8-3-1-2-4-9(8)7-10;;/h2-7H;1H;/q-1;;+2/p-1. The van der Waals surface area contributed by atoms with Crippen LogP contribution in [0.4, 0.5) is 0 Å². The average molecular weight is 351 g/mol. The van der Waals surface area contributed by atoms with Crippen LogP contribution in [0, 0.1) is 6.07 Å². The molecule has 0 nitrogen and oxygen atoms in total. The minimum absolute atomic E-state index is 1.12. The molecule has 0 unspecified atom stereocenters. The number of halogens is 2. The van der Waals surface area contributed by atoms with Crippen molar-refractivity contribution in [1.82, 2.24) is 0 Å². The Labute approximate surface area is 103 Å². The molecule has 0 heterocycles.